The van der Waals surface area contributed by atoms with E-state index in [1.54, 1.807) is 0 Å². The third kappa shape index (κ3) is 2.17. The first-order chi connectivity index (χ1) is 7.04. The summed E-state index contributed by atoms with van der Waals surface area (Å²) in [7, 11) is 0. The Balaban J connectivity index is 2.21. The van der Waals surface area contributed by atoms with Crippen LogP contribution in [-0.4, -0.2) is 0 Å². The van der Waals surface area contributed by atoms with Crippen LogP contribution in [0.25, 0.3) is 0 Å². The van der Waals surface area contributed by atoms with Crippen LogP contribution in [0.5, 0.6) is 0 Å². The molecule has 0 spiro atoms. The summed E-state index contributed by atoms with van der Waals surface area (Å²) >= 11 is 5.97. The van der Waals surface area contributed by atoms with Crippen molar-refractivity contribution in [3.8, 4) is 0 Å². The summed E-state index contributed by atoms with van der Waals surface area (Å²) in [6, 6.07) is 8.14. The molecule has 1 saturated carbocycles. The Labute approximate surface area is 95.8 Å². The topological polar surface area (TPSA) is 38.0 Å². The monoisotopic (exact) mass is 224 g/mol. The van der Waals surface area contributed by atoms with Gasteiger partial charge < -0.3 is 0 Å². The molecule has 2 unspecified atom stereocenters. The highest BCUT2D eigenvalue weighted by atomic mass is 35.5. The molecular formula is C12H17ClN2. The van der Waals surface area contributed by atoms with E-state index < -0.39 is 0 Å². The van der Waals surface area contributed by atoms with Gasteiger partial charge in [-0.05, 0) is 35.4 Å². The lowest BCUT2D eigenvalue weighted by Gasteiger charge is -2.18. The standard InChI is InChI=1S/C12H17ClN2/c1-12(2)7-10(12)11(15-14)8-4-3-5-9(13)6-8/h3-6,10-11,15H,7,14H2,1-2H3. The van der Waals surface area contributed by atoms with E-state index in [-0.39, 0.29) is 6.04 Å². The van der Waals surface area contributed by atoms with Gasteiger partial charge in [0, 0.05) is 11.1 Å². The van der Waals surface area contributed by atoms with Crippen LogP contribution in [0.2, 0.25) is 5.02 Å². The van der Waals surface area contributed by atoms with Crippen LogP contribution in [0, 0.1) is 11.3 Å². The van der Waals surface area contributed by atoms with Gasteiger partial charge in [0.05, 0.1) is 0 Å². The summed E-state index contributed by atoms with van der Waals surface area (Å²) in [5.41, 5.74) is 4.49. The van der Waals surface area contributed by atoms with Crippen molar-refractivity contribution < 1.29 is 0 Å². The van der Waals surface area contributed by atoms with Crippen LogP contribution in [-0.2, 0) is 0 Å². The molecule has 1 aliphatic rings. The second-order valence-corrected chi connectivity index (χ2v) is 5.43. The molecular weight excluding hydrogens is 208 g/mol. The van der Waals surface area contributed by atoms with E-state index in [0.717, 1.165) is 5.02 Å². The molecule has 1 aromatic rings. The molecule has 0 amide bonds. The van der Waals surface area contributed by atoms with Crippen molar-refractivity contribution in [2.45, 2.75) is 26.3 Å². The minimum Gasteiger partial charge on any atom is -0.271 e. The lowest BCUT2D eigenvalue weighted by molar-refractivity contribution is 0.423. The van der Waals surface area contributed by atoms with E-state index in [4.69, 9.17) is 17.4 Å². The quantitative estimate of drug-likeness (QED) is 0.612. The van der Waals surface area contributed by atoms with Gasteiger partial charge in [-0.1, -0.05) is 37.6 Å². The number of rotatable bonds is 3. The zero-order valence-electron chi connectivity index (χ0n) is 9.13. The summed E-state index contributed by atoms with van der Waals surface area (Å²) in [5, 5.41) is 0.770. The summed E-state index contributed by atoms with van der Waals surface area (Å²) in [5.74, 6) is 6.24. The minimum absolute atomic E-state index is 0.221. The summed E-state index contributed by atoms with van der Waals surface area (Å²) in [6.45, 7) is 4.54. The zero-order chi connectivity index (χ0) is 11.1. The van der Waals surface area contributed by atoms with Gasteiger partial charge >= 0.3 is 0 Å². The molecule has 15 heavy (non-hydrogen) atoms. The first-order valence-electron chi connectivity index (χ1n) is 5.26. The molecule has 0 aromatic heterocycles. The number of hydrazine groups is 1. The molecule has 2 atom stereocenters. The number of hydrogen-bond donors (Lipinski definition) is 2. The van der Waals surface area contributed by atoms with Crippen molar-refractivity contribution in [3.63, 3.8) is 0 Å². The van der Waals surface area contributed by atoms with E-state index in [1.165, 1.54) is 12.0 Å². The maximum atomic E-state index is 5.97. The molecule has 1 aromatic carbocycles. The molecule has 0 saturated heterocycles. The van der Waals surface area contributed by atoms with Gasteiger partial charge in [0.15, 0.2) is 0 Å². The van der Waals surface area contributed by atoms with Gasteiger partial charge in [0.25, 0.3) is 0 Å². The summed E-state index contributed by atoms with van der Waals surface area (Å²) in [6.07, 6.45) is 1.22. The van der Waals surface area contributed by atoms with Gasteiger partial charge in [-0.3, -0.25) is 11.3 Å². The van der Waals surface area contributed by atoms with Crippen molar-refractivity contribution in [2.75, 3.05) is 0 Å². The number of hydrogen-bond acceptors (Lipinski definition) is 2. The normalized spacial score (nSPS) is 24.9. The number of halogens is 1. The Morgan fingerprint density at radius 1 is 1.53 bits per heavy atom. The molecule has 82 valence electrons. The van der Waals surface area contributed by atoms with Crippen LogP contribution >= 0.6 is 11.6 Å². The maximum absolute atomic E-state index is 5.97. The molecule has 3 N–H and O–H groups in total. The highest BCUT2D eigenvalue weighted by molar-refractivity contribution is 6.30. The number of nitrogens with two attached hydrogens (primary N) is 1. The third-order valence-corrected chi connectivity index (χ3v) is 3.61. The largest absolute Gasteiger partial charge is 0.271 e. The molecule has 0 heterocycles. The van der Waals surface area contributed by atoms with Crippen LogP contribution in [0.1, 0.15) is 31.9 Å². The lowest BCUT2D eigenvalue weighted by atomic mass is 9.98. The fourth-order valence-electron chi connectivity index (χ4n) is 2.22. The van der Waals surface area contributed by atoms with E-state index in [9.17, 15) is 0 Å². The van der Waals surface area contributed by atoms with Crippen LogP contribution in [0.15, 0.2) is 24.3 Å². The fraction of sp³-hybridized carbons (Fsp3) is 0.500. The van der Waals surface area contributed by atoms with Crippen molar-refractivity contribution >= 4 is 11.6 Å². The first-order valence-corrected chi connectivity index (χ1v) is 5.64. The van der Waals surface area contributed by atoms with Crippen molar-refractivity contribution in [1.82, 2.24) is 5.43 Å². The number of nitrogens with one attached hydrogen (secondary N) is 1. The molecule has 2 nitrogen and oxygen atoms in total. The molecule has 2 rings (SSSR count). The minimum atomic E-state index is 0.221. The van der Waals surface area contributed by atoms with Gasteiger partial charge in [-0.2, -0.15) is 0 Å². The van der Waals surface area contributed by atoms with Gasteiger partial charge in [0.2, 0.25) is 0 Å². The van der Waals surface area contributed by atoms with Gasteiger partial charge in [-0.25, -0.2) is 0 Å². The fourth-order valence-corrected chi connectivity index (χ4v) is 2.42. The van der Waals surface area contributed by atoms with E-state index in [1.807, 2.05) is 18.2 Å². The molecule has 3 heteroatoms. The molecule has 0 bridgehead atoms. The van der Waals surface area contributed by atoms with Crippen LogP contribution < -0.4 is 11.3 Å². The van der Waals surface area contributed by atoms with Crippen LogP contribution in [0.4, 0.5) is 0 Å². The molecule has 0 radical (unpaired) electrons. The Kier molecular flexibility index (Phi) is 2.75. The Morgan fingerprint density at radius 2 is 2.20 bits per heavy atom. The second-order valence-electron chi connectivity index (χ2n) is 5.00. The second kappa shape index (κ2) is 3.78. The average Bonchev–Trinajstić information content (AvgIpc) is 2.76. The SMILES string of the molecule is CC1(C)CC1C(NN)c1cccc(Cl)c1. The Hall–Kier alpha value is -0.570. The highest BCUT2D eigenvalue weighted by Gasteiger charge is 2.50. The predicted molar refractivity (Wildman–Crippen MR) is 63.4 cm³/mol. The Bertz CT molecular complexity index is 362. The van der Waals surface area contributed by atoms with Crippen molar-refractivity contribution in [3.05, 3.63) is 34.9 Å². The Morgan fingerprint density at radius 3 is 2.67 bits per heavy atom. The summed E-state index contributed by atoms with van der Waals surface area (Å²) < 4.78 is 0. The van der Waals surface area contributed by atoms with Gasteiger partial charge in [-0.15, -0.1) is 0 Å². The predicted octanol–water partition coefficient (Wildman–Crippen LogP) is 2.89. The van der Waals surface area contributed by atoms with Crippen molar-refractivity contribution in [1.29, 1.82) is 0 Å². The van der Waals surface area contributed by atoms with E-state index >= 15 is 0 Å². The van der Waals surface area contributed by atoms with Crippen molar-refractivity contribution in [2.24, 2.45) is 17.2 Å². The van der Waals surface area contributed by atoms with Gasteiger partial charge in [0.1, 0.15) is 0 Å². The molecule has 1 fully saturated rings. The average molecular weight is 225 g/mol. The maximum Gasteiger partial charge on any atom is 0.0493 e. The van der Waals surface area contributed by atoms with E-state index in [2.05, 4.69) is 25.3 Å². The first kappa shape index (κ1) is 10.9. The zero-order valence-corrected chi connectivity index (χ0v) is 9.88. The number of benzene rings is 1. The summed E-state index contributed by atoms with van der Waals surface area (Å²) in [4.78, 5) is 0. The molecule has 0 aliphatic heterocycles. The molecule has 1 aliphatic carbocycles. The smallest absolute Gasteiger partial charge is 0.0493 e. The van der Waals surface area contributed by atoms with E-state index in [0.29, 0.717) is 11.3 Å². The lowest BCUT2D eigenvalue weighted by Crippen LogP contribution is -2.30. The highest BCUT2D eigenvalue weighted by Crippen LogP contribution is 2.57. The van der Waals surface area contributed by atoms with Crippen LogP contribution in [0.3, 0.4) is 0 Å². The third-order valence-electron chi connectivity index (χ3n) is 3.38.